The molecule has 1 saturated heterocycles. The number of aromatic nitrogens is 1. The molecule has 27 heavy (non-hydrogen) atoms. The van der Waals surface area contributed by atoms with Crippen molar-refractivity contribution in [3.8, 4) is 0 Å². The first kappa shape index (κ1) is 18.4. The molecule has 3 aromatic rings. The highest BCUT2D eigenvalue weighted by atomic mass is 35.5. The molecule has 0 saturated carbocycles. The van der Waals surface area contributed by atoms with Gasteiger partial charge >= 0.3 is 0 Å². The highest BCUT2D eigenvalue weighted by molar-refractivity contribution is 7.18. The number of para-hydroxylation sites is 1. The minimum absolute atomic E-state index is 0.0420. The zero-order valence-electron chi connectivity index (χ0n) is 15.3. The second kappa shape index (κ2) is 7.97. The highest BCUT2D eigenvalue weighted by Crippen LogP contribution is 2.30. The van der Waals surface area contributed by atoms with Gasteiger partial charge in [-0.2, -0.15) is 0 Å². The number of rotatable bonds is 4. The zero-order chi connectivity index (χ0) is 18.8. The Kier molecular flexibility index (Phi) is 5.43. The summed E-state index contributed by atoms with van der Waals surface area (Å²) in [7, 11) is 0. The quantitative estimate of drug-likeness (QED) is 0.702. The van der Waals surface area contributed by atoms with Gasteiger partial charge in [-0.15, -0.1) is 11.3 Å². The van der Waals surface area contributed by atoms with E-state index in [0.717, 1.165) is 42.7 Å². The van der Waals surface area contributed by atoms with E-state index in [2.05, 4.69) is 23.5 Å². The molecule has 4 rings (SSSR count). The van der Waals surface area contributed by atoms with Gasteiger partial charge in [-0.1, -0.05) is 29.8 Å². The first-order valence-electron chi connectivity index (χ1n) is 9.34. The number of fused-ring (bicyclic) bond motifs is 1. The summed E-state index contributed by atoms with van der Waals surface area (Å²) in [5.41, 5.74) is 2.79. The Morgan fingerprint density at radius 3 is 3.00 bits per heavy atom. The molecule has 2 heterocycles. The molecule has 0 aliphatic carbocycles. The summed E-state index contributed by atoms with van der Waals surface area (Å²) < 4.78 is 1.24. The molecule has 140 valence electrons. The molecular formula is C21H23ClN3OS+. The summed E-state index contributed by atoms with van der Waals surface area (Å²) in [5, 5.41) is 4.90. The number of hydrogen-bond acceptors (Lipinski definition) is 3. The van der Waals surface area contributed by atoms with Crippen LogP contribution in [0.15, 0.2) is 42.5 Å². The van der Waals surface area contributed by atoms with Crippen molar-refractivity contribution >= 4 is 44.7 Å². The van der Waals surface area contributed by atoms with Crippen LogP contribution in [0.3, 0.4) is 0 Å². The highest BCUT2D eigenvalue weighted by Gasteiger charge is 2.28. The average Bonchev–Trinajstić information content (AvgIpc) is 3.10. The Morgan fingerprint density at radius 2 is 2.15 bits per heavy atom. The number of likely N-dealkylation sites (tertiary alicyclic amines) is 1. The van der Waals surface area contributed by atoms with Gasteiger partial charge in [0.05, 0.1) is 29.2 Å². The number of quaternary nitrogens is 1. The third kappa shape index (κ3) is 4.15. The minimum atomic E-state index is 0.0420. The fraction of sp³-hybridized carbons (Fsp3) is 0.333. The first-order chi connectivity index (χ1) is 13.1. The zero-order valence-corrected chi connectivity index (χ0v) is 16.9. The van der Waals surface area contributed by atoms with E-state index in [1.807, 2.05) is 31.2 Å². The number of thiazole rings is 1. The van der Waals surface area contributed by atoms with E-state index in [0.29, 0.717) is 17.5 Å². The van der Waals surface area contributed by atoms with Gasteiger partial charge in [0.15, 0.2) is 6.54 Å². The van der Waals surface area contributed by atoms with Gasteiger partial charge in [-0.25, -0.2) is 4.98 Å². The minimum Gasteiger partial charge on any atom is -0.327 e. The summed E-state index contributed by atoms with van der Waals surface area (Å²) in [4.78, 5) is 18.7. The molecule has 1 fully saturated rings. The molecule has 1 aromatic heterocycles. The normalized spacial score (nSPS) is 19.9. The molecule has 4 nitrogen and oxygen atoms in total. The second-order valence-electron chi connectivity index (χ2n) is 7.20. The number of benzene rings is 2. The van der Waals surface area contributed by atoms with Crippen molar-refractivity contribution in [1.29, 1.82) is 0 Å². The molecule has 1 aliphatic rings. The monoisotopic (exact) mass is 400 g/mol. The van der Waals surface area contributed by atoms with Crippen LogP contribution < -0.4 is 10.2 Å². The summed E-state index contributed by atoms with van der Waals surface area (Å²) in [5.74, 6) is 0.479. The molecule has 2 N–H and O–H groups in total. The topological polar surface area (TPSA) is 46.4 Å². The smallest absolute Gasteiger partial charge is 0.279 e. The lowest BCUT2D eigenvalue weighted by molar-refractivity contribution is -0.898. The van der Waals surface area contributed by atoms with Crippen molar-refractivity contribution in [2.45, 2.75) is 25.7 Å². The Labute approximate surface area is 168 Å². The van der Waals surface area contributed by atoms with Crippen molar-refractivity contribution in [2.75, 3.05) is 25.0 Å². The molecular weight excluding hydrogens is 378 g/mol. The predicted molar refractivity (Wildman–Crippen MR) is 112 cm³/mol. The Hall–Kier alpha value is -1.95. The molecule has 1 unspecified atom stereocenters. The first-order valence-corrected chi connectivity index (χ1v) is 10.5. The summed E-state index contributed by atoms with van der Waals surface area (Å²) in [6.07, 6.45) is 2.28. The molecule has 1 amide bonds. The molecule has 2 aromatic carbocycles. The van der Waals surface area contributed by atoms with Crippen LogP contribution in [0, 0.1) is 6.92 Å². The number of nitrogens with zero attached hydrogens (tertiary/aromatic N) is 1. The van der Waals surface area contributed by atoms with Crippen molar-refractivity contribution < 1.29 is 9.69 Å². The van der Waals surface area contributed by atoms with Gasteiger partial charge in [0.2, 0.25) is 0 Å². The van der Waals surface area contributed by atoms with Crippen LogP contribution in [0.5, 0.6) is 0 Å². The van der Waals surface area contributed by atoms with Crippen LogP contribution in [0.4, 0.5) is 5.69 Å². The van der Waals surface area contributed by atoms with E-state index >= 15 is 0 Å². The third-order valence-electron chi connectivity index (χ3n) is 5.23. The molecule has 1 aliphatic heterocycles. The van der Waals surface area contributed by atoms with Crippen LogP contribution in [0.25, 0.3) is 10.2 Å². The number of carbonyl (C=O) groups excluding carboxylic acids is 1. The van der Waals surface area contributed by atoms with Gasteiger partial charge in [0, 0.05) is 10.7 Å². The second-order valence-corrected chi connectivity index (χ2v) is 8.67. The molecule has 0 radical (unpaired) electrons. The molecule has 0 bridgehead atoms. The molecule has 2 atom stereocenters. The van der Waals surface area contributed by atoms with Gasteiger partial charge in [-0.3, -0.25) is 4.79 Å². The van der Waals surface area contributed by atoms with Crippen LogP contribution >= 0.6 is 22.9 Å². The van der Waals surface area contributed by atoms with E-state index < -0.39 is 0 Å². The van der Waals surface area contributed by atoms with E-state index in [9.17, 15) is 4.79 Å². The van der Waals surface area contributed by atoms with E-state index in [-0.39, 0.29) is 5.91 Å². The maximum Gasteiger partial charge on any atom is 0.279 e. The Bertz CT molecular complexity index is 938. The van der Waals surface area contributed by atoms with E-state index in [4.69, 9.17) is 16.6 Å². The molecule has 0 spiro atoms. The van der Waals surface area contributed by atoms with E-state index in [1.54, 1.807) is 11.3 Å². The van der Waals surface area contributed by atoms with Crippen molar-refractivity contribution in [1.82, 2.24) is 4.98 Å². The van der Waals surface area contributed by atoms with Gasteiger partial charge in [-0.05, 0) is 49.6 Å². The van der Waals surface area contributed by atoms with Crippen LogP contribution in [0.2, 0.25) is 5.02 Å². The van der Waals surface area contributed by atoms with E-state index in [1.165, 1.54) is 14.6 Å². The lowest BCUT2D eigenvalue weighted by atomic mass is 9.99. The van der Waals surface area contributed by atoms with Crippen LogP contribution in [-0.4, -0.2) is 30.5 Å². The number of hydrogen-bond donors (Lipinski definition) is 2. The summed E-state index contributed by atoms with van der Waals surface area (Å²) in [6, 6.07) is 13.9. The van der Waals surface area contributed by atoms with Gasteiger partial charge in [0.25, 0.3) is 5.91 Å². The SMILES string of the molecule is Cc1c(Cl)cccc1NC(=O)C[NH+]1CCC[C@@H](c2nc3ccccc3s2)C1. The predicted octanol–water partition coefficient (Wildman–Crippen LogP) is 3.66. The number of nitrogens with one attached hydrogen (secondary N) is 2. The Balaban J connectivity index is 1.40. The maximum absolute atomic E-state index is 12.5. The van der Waals surface area contributed by atoms with Crippen molar-refractivity contribution in [3.63, 3.8) is 0 Å². The number of anilines is 1. The largest absolute Gasteiger partial charge is 0.327 e. The lowest BCUT2D eigenvalue weighted by Crippen LogP contribution is -3.14. The number of halogens is 1. The van der Waals surface area contributed by atoms with Crippen LogP contribution in [0.1, 0.15) is 29.3 Å². The molecule has 6 heteroatoms. The third-order valence-corrected chi connectivity index (χ3v) is 6.84. The fourth-order valence-corrected chi connectivity index (χ4v) is 5.03. The number of piperidine rings is 1. The number of amides is 1. The van der Waals surface area contributed by atoms with Crippen molar-refractivity contribution in [2.24, 2.45) is 0 Å². The summed E-state index contributed by atoms with van der Waals surface area (Å²) >= 11 is 7.94. The summed E-state index contributed by atoms with van der Waals surface area (Å²) in [6.45, 7) is 4.40. The van der Waals surface area contributed by atoms with Crippen LogP contribution in [-0.2, 0) is 4.79 Å². The number of carbonyl (C=O) groups is 1. The van der Waals surface area contributed by atoms with Crippen molar-refractivity contribution in [3.05, 3.63) is 58.1 Å². The van der Waals surface area contributed by atoms with Gasteiger partial charge in [0.1, 0.15) is 5.01 Å². The average molecular weight is 401 g/mol. The standard InChI is InChI=1S/C21H22ClN3OS/c1-14-16(22)7-4-9-17(14)23-20(26)13-25-11-5-6-15(12-25)21-24-18-8-2-3-10-19(18)27-21/h2-4,7-10,15H,5-6,11-13H2,1H3,(H,23,26)/p+1/t15-/m1/s1. The maximum atomic E-state index is 12.5. The Morgan fingerprint density at radius 1 is 1.30 bits per heavy atom. The van der Waals surface area contributed by atoms with Gasteiger partial charge < -0.3 is 10.2 Å². The fourth-order valence-electron chi connectivity index (χ4n) is 3.75. The lowest BCUT2D eigenvalue weighted by Gasteiger charge is -2.28.